The van der Waals surface area contributed by atoms with Gasteiger partial charge in [-0.05, 0) is 20.3 Å². The van der Waals surface area contributed by atoms with Gasteiger partial charge in [0.25, 0.3) is 0 Å². The number of ether oxygens (including phenoxy) is 2. The van der Waals surface area contributed by atoms with E-state index in [1.807, 2.05) is 0 Å². The molecule has 0 amide bonds. The fourth-order valence-corrected chi connectivity index (χ4v) is 2.53. The van der Waals surface area contributed by atoms with Gasteiger partial charge in [0.2, 0.25) is 5.91 Å². The zero-order valence-electron chi connectivity index (χ0n) is 9.45. The SMILES string of the molecule is CCCCC12OC(C)CN1CC(C)O2. The quantitative estimate of drug-likeness (QED) is 0.693. The van der Waals surface area contributed by atoms with E-state index >= 15 is 0 Å². The molecule has 0 aromatic heterocycles. The van der Waals surface area contributed by atoms with Crippen LogP contribution in [-0.2, 0) is 9.47 Å². The van der Waals surface area contributed by atoms with Crippen molar-refractivity contribution in [3.05, 3.63) is 0 Å². The van der Waals surface area contributed by atoms with Crippen molar-refractivity contribution < 1.29 is 9.47 Å². The van der Waals surface area contributed by atoms with Crippen LogP contribution in [0.3, 0.4) is 0 Å². The highest BCUT2D eigenvalue weighted by Gasteiger charge is 2.51. The Kier molecular flexibility index (Phi) is 2.82. The van der Waals surface area contributed by atoms with Gasteiger partial charge in [-0.2, -0.15) is 0 Å². The van der Waals surface area contributed by atoms with Crippen LogP contribution in [0.15, 0.2) is 0 Å². The summed E-state index contributed by atoms with van der Waals surface area (Å²) in [6, 6.07) is 0. The molecule has 2 saturated heterocycles. The first-order valence-electron chi connectivity index (χ1n) is 5.77. The molecule has 2 aliphatic rings. The van der Waals surface area contributed by atoms with E-state index in [9.17, 15) is 0 Å². The number of nitrogens with zero attached hydrogens (tertiary/aromatic N) is 1. The molecule has 2 heterocycles. The van der Waals surface area contributed by atoms with Gasteiger partial charge < -0.3 is 9.47 Å². The molecule has 0 aromatic carbocycles. The average molecular weight is 199 g/mol. The minimum Gasteiger partial charge on any atom is -0.333 e. The van der Waals surface area contributed by atoms with Crippen LogP contribution < -0.4 is 0 Å². The first kappa shape index (κ1) is 10.4. The standard InChI is InChI=1S/C11H21NO2/c1-4-5-6-11-12(7-9(2)13-11)8-10(3)14-11/h9-10H,4-8H2,1-3H3. The Balaban J connectivity index is 2.04. The van der Waals surface area contributed by atoms with E-state index in [-0.39, 0.29) is 5.91 Å². The Hall–Kier alpha value is -0.120. The summed E-state index contributed by atoms with van der Waals surface area (Å²) in [4.78, 5) is 2.36. The maximum Gasteiger partial charge on any atom is 0.230 e. The van der Waals surface area contributed by atoms with E-state index in [1.54, 1.807) is 0 Å². The molecular weight excluding hydrogens is 178 g/mol. The van der Waals surface area contributed by atoms with E-state index in [0.717, 1.165) is 19.5 Å². The highest BCUT2D eigenvalue weighted by atomic mass is 16.7. The summed E-state index contributed by atoms with van der Waals surface area (Å²) in [6.07, 6.45) is 4.03. The van der Waals surface area contributed by atoms with Gasteiger partial charge in [0, 0.05) is 19.5 Å². The molecule has 2 fully saturated rings. The van der Waals surface area contributed by atoms with Crippen molar-refractivity contribution in [1.29, 1.82) is 0 Å². The van der Waals surface area contributed by atoms with E-state index in [4.69, 9.17) is 9.47 Å². The normalized spacial score (nSPS) is 43.1. The predicted molar refractivity (Wildman–Crippen MR) is 54.9 cm³/mol. The van der Waals surface area contributed by atoms with E-state index in [2.05, 4.69) is 25.7 Å². The smallest absolute Gasteiger partial charge is 0.230 e. The Morgan fingerprint density at radius 3 is 2.29 bits per heavy atom. The van der Waals surface area contributed by atoms with Gasteiger partial charge in [-0.15, -0.1) is 0 Å². The lowest BCUT2D eigenvalue weighted by Crippen LogP contribution is -2.40. The number of fused-ring (bicyclic) bond motifs is 1. The first-order chi connectivity index (χ1) is 6.66. The van der Waals surface area contributed by atoms with Crippen molar-refractivity contribution >= 4 is 0 Å². The van der Waals surface area contributed by atoms with Crippen LogP contribution in [0.5, 0.6) is 0 Å². The summed E-state index contributed by atoms with van der Waals surface area (Å²) in [5.41, 5.74) is 0. The summed E-state index contributed by atoms with van der Waals surface area (Å²) < 4.78 is 11.9. The van der Waals surface area contributed by atoms with Crippen LogP contribution >= 0.6 is 0 Å². The van der Waals surface area contributed by atoms with Crippen molar-refractivity contribution in [1.82, 2.24) is 4.90 Å². The molecule has 0 bridgehead atoms. The fraction of sp³-hybridized carbons (Fsp3) is 1.00. The van der Waals surface area contributed by atoms with E-state index in [1.165, 1.54) is 12.8 Å². The third kappa shape index (κ3) is 1.69. The molecule has 2 rings (SSSR count). The van der Waals surface area contributed by atoms with Gasteiger partial charge in [-0.3, -0.25) is 0 Å². The number of rotatable bonds is 3. The topological polar surface area (TPSA) is 21.7 Å². The summed E-state index contributed by atoms with van der Waals surface area (Å²) in [6.45, 7) is 8.50. The van der Waals surface area contributed by atoms with Crippen LogP contribution in [0.2, 0.25) is 0 Å². The zero-order valence-corrected chi connectivity index (χ0v) is 9.45. The molecule has 2 atom stereocenters. The molecule has 0 saturated carbocycles. The van der Waals surface area contributed by atoms with Gasteiger partial charge in [0.1, 0.15) is 0 Å². The predicted octanol–water partition coefficient (Wildman–Crippen LogP) is 1.97. The third-order valence-corrected chi connectivity index (χ3v) is 3.05. The molecule has 3 nitrogen and oxygen atoms in total. The maximum absolute atomic E-state index is 5.95. The van der Waals surface area contributed by atoms with Gasteiger partial charge in [-0.25, -0.2) is 4.90 Å². The second-order valence-electron chi connectivity index (χ2n) is 4.58. The largest absolute Gasteiger partial charge is 0.333 e. The lowest BCUT2D eigenvalue weighted by Gasteiger charge is -2.29. The maximum atomic E-state index is 5.95. The Bertz CT molecular complexity index is 193. The molecule has 82 valence electrons. The monoisotopic (exact) mass is 199 g/mol. The van der Waals surface area contributed by atoms with Gasteiger partial charge in [0.05, 0.1) is 12.2 Å². The molecule has 2 unspecified atom stereocenters. The number of unbranched alkanes of at least 4 members (excludes halogenated alkanes) is 1. The lowest BCUT2D eigenvalue weighted by atomic mass is 10.2. The minimum atomic E-state index is -0.366. The summed E-state index contributed by atoms with van der Waals surface area (Å²) >= 11 is 0. The molecule has 0 radical (unpaired) electrons. The molecular formula is C11H21NO2. The van der Waals surface area contributed by atoms with Crippen molar-refractivity contribution in [2.45, 2.75) is 58.2 Å². The summed E-state index contributed by atoms with van der Waals surface area (Å²) in [5.74, 6) is -0.366. The van der Waals surface area contributed by atoms with Crippen molar-refractivity contribution in [2.75, 3.05) is 13.1 Å². The average Bonchev–Trinajstić information content (AvgIpc) is 2.53. The summed E-state index contributed by atoms with van der Waals surface area (Å²) in [5, 5.41) is 0. The van der Waals surface area contributed by atoms with Crippen LogP contribution in [0.1, 0.15) is 40.0 Å². The van der Waals surface area contributed by atoms with Crippen molar-refractivity contribution in [2.24, 2.45) is 0 Å². The zero-order chi connectivity index (χ0) is 10.2. The van der Waals surface area contributed by atoms with Crippen molar-refractivity contribution in [3.8, 4) is 0 Å². The molecule has 0 aromatic rings. The minimum absolute atomic E-state index is 0.319. The summed E-state index contributed by atoms with van der Waals surface area (Å²) in [7, 11) is 0. The Labute approximate surface area is 86.4 Å². The first-order valence-corrected chi connectivity index (χ1v) is 5.77. The molecule has 0 N–H and O–H groups in total. The molecule has 3 heteroatoms. The second kappa shape index (κ2) is 3.80. The second-order valence-corrected chi connectivity index (χ2v) is 4.58. The highest BCUT2D eigenvalue weighted by Crippen LogP contribution is 2.38. The van der Waals surface area contributed by atoms with Gasteiger partial charge >= 0.3 is 0 Å². The van der Waals surface area contributed by atoms with Crippen LogP contribution in [0, 0.1) is 0 Å². The van der Waals surface area contributed by atoms with Crippen LogP contribution in [0.25, 0.3) is 0 Å². The van der Waals surface area contributed by atoms with Gasteiger partial charge in [0.15, 0.2) is 0 Å². The molecule has 0 spiro atoms. The van der Waals surface area contributed by atoms with E-state index < -0.39 is 0 Å². The van der Waals surface area contributed by atoms with Crippen LogP contribution in [-0.4, -0.2) is 36.1 Å². The third-order valence-electron chi connectivity index (χ3n) is 3.05. The van der Waals surface area contributed by atoms with Crippen LogP contribution in [0.4, 0.5) is 0 Å². The molecule has 14 heavy (non-hydrogen) atoms. The Morgan fingerprint density at radius 2 is 1.79 bits per heavy atom. The molecule has 2 aliphatic heterocycles. The van der Waals surface area contributed by atoms with Gasteiger partial charge in [-0.1, -0.05) is 13.3 Å². The molecule has 0 aliphatic carbocycles. The lowest BCUT2D eigenvalue weighted by molar-refractivity contribution is -0.257. The fourth-order valence-electron chi connectivity index (χ4n) is 2.53. The van der Waals surface area contributed by atoms with E-state index in [0.29, 0.717) is 12.2 Å². The number of hydrogen-bond acceptors (Lipinski definition) is 3. The van der Waals surface area contributed by atoms with Crippen molar-refractivity contribution in [3.63, 3.8) is 0 Å². The number of hydrogen-bond donors (Lipinski definition) is 0. The highest BCUT2D eigenvalue weighted by molar-refractivity contribution is 4.89. The Morgan fingerprint density at radius 1 is 1.21 bits per heavy atom.